The largest absolute Gasteiger partial charge is 0.435 e. The monoisotopic (exact) mass is 299 g/mol. The Morgan fingerprint density at radius 2 is 2.05 bits per heavy atom. The number of fused-ring (bicyclic) bond motifs is 1. The Kier molecular flexibility index (Phi) is 2.85. The molecule has 2 N–H and O–H groups in total. The van der Waals surface area contributed by atoms with Crippen molar-refractivity contribution in [2.45, 2.75) is 12.7 Å². The molecular weight excluding hydrogens is 291 g/mol. The molecule has 0 bridgehead atoms. The molecule has 9 heteroatoms. The summed E-state index contributed by atoms with van der Waals surface area (Å²) in [6, 6.07) is 2.71. The fourth-order valence-electron chi connectivity index (χ4n) is 1.74. The van der Waals surface area contributed by atoms with E-state index in [0.29, 0.717) is 16.5 Å². The molecule has 3 heterocycles. The maximum Gasteiger partial charge on any atom is 0.435 e. The van der Waals surface area contributed by atoms with Gasteiger partial charge in [-0.15, -0.1) is 11.3 Å². The molecule has 104 valence electrons. The number of rotatable bonds is 2. The zero-order valence-corrected chi connectivity index (χ0v) is 10.7. The highest BCUT2D eigenvalue weighted by Gasteiger charge is 2.33. The van der Waals surface area contributed by atoms with Crippen LogP contribution in [0.4, 0.5) is 19.0 Å². The minimum atomic E-state index is -4.46. The van der Waals surface area contributed by atoms with Crippen LogP contribution in [0, 0.1) is 0 Å². The quantitative estimate of drug-likeness (QED) is 0.789. The van der Waals surface area contributed by atoms with Crippen LogP contribution in [0.3, 0.4) is 0 Å². The topological polar surface area (TPSA) is 69.6 Å². The Balaban J connectivity index is 1.91. The van der Waals surface area contributed by atoms with Crippen molar-refractivity contribution < 1.29 is 13.2 Å². The molecule has 3 aromatic rings. The Hall–Kier alpha value is -2.16. The molecule has 0 atom stereocenters. The number of hydrogen-bond acceptors (Lipinski definition) is 5. The summed E-state index contributed by atoms with van der Waals surface area (Å²) in [5, 5.41) is 6.02. The van der Waals surface area contributed by atoms with E-state index < -0.39 is 11.9 Å². The van der Waals surface area contributed by atoms with Gasteiger partial charge in [0.15, 0.2) is 11.5 Å². The number of aromatic nitrogens is 4. The Labute approximate surface area is 114 Å². The Bertz CT molecular complexity index is 761. The molecule has 0 aliphatic heterocycles. The van der Waals surface area contributed by atoms with Crippen molar-refractivity contribution in [3.63, 3.8) is 0 Å². The number of nitrogens with zero attached hydrogens (tertiary/aromatic N) is 4. The van der Waals surface area contributed by atoms with E-state index in [9.17, 15) is 13.2 Å². The van der Waals surface area contributed by atoms with E-state index in [4.69, 9.17) is 5.73 Å². The lowest BCUT2D eigenvalue weighted by Gasteiger charge is -2.04. The molecule has 0 radical (unpaired) electrons. The van der Waals surface area contributed by atoms with Crippen LogP contribution in [-0.4, -0.2) is 19.7 Å². The number of alkyl halides is 3. The van der Waals surface area contributed by atoms with E-state index in [0.717, 1.165) is 16.1 Å². The highest BCUT2D eigenvalue weighted by molar-refractivity contribution is 7.16. The first-order valence-corrected chi connectivity index (χ1v) is 6.42. The molecule has 0 amide bonds. The first-order chi connectivity index (χ1) is 9.43. The fourth-order valence-corrected chi connectivity index (χ4v) is 2.53. The lowest BCUT2D eigenvalue weighted by molar-refractivity contribution is -0.141. The minimum Gasteiger partial charge on any atom is -0.383 e. The van der Waals surface area contributed by atoms with Crippen LogP contribution in [0.15, 0.2) is 23.7 Å². The van der Waals surface area contributed by atoms with E-state index >= 15 is 0 Å². The molecule has 0 spiro atoms. The van der Waals surface area contributed by atoms with Crippen molar-refractivity contribution in [3.8, 4) is 0 Å². The van der Waals surface area contributed by atoms with Crippen molar-refractivity contribution in [2.75, 3.05) is 5.73 Å². The Morgan fingerprint density at radius 3 is 2.75 bits per heavy atom. The van der Waals surface area contributed by atoms with Crippen LogP contribution < -0.4 is 5.73 Å². The van der Waals surface area contributed by atoms with Crippen LogP contribution in [0.5, 0.6) is 0 Å². The summed E-state index contributed by atoms with van der Waals surface area (Å²) < 4.78 is 38.5. The van der Waals surface area contributed by atoms with Gasteiger partial charge >= 0.3 is 6.18 Å². The second kappa shape index (κ2) is 4.44. The average molecular weight is 299 g/mol. The third kappa shape index (κ3) is 2.31. The summed E-state index contributed by atoms with van der Waals surface area (Å²) >= 11 is 1.39. The van der Waals surface area contributed by atoms with Crippen LogP contribution >= 0.6 is 11.3 Å². The predicted octanol–water partition coefficient (Wildman–Crippen LogP) is 2.54. The number of anilines is 1. The van der Waals surface area contributed by atoms with E-state index in [1.54, 1.807) is 6.07 Å². The second-order valence-electron chi connectivity index (χ2n) is 4.06. The molecule has 20 heavy (non-hydrogen) atoms. The number of hydrogen-bond donors (Lipinski definition) is 1. The van der Waals surface area contributed by atoms with Crippen molar-refractivity contribution in [1.82, 2.24) is 19.7 Å². The molecule has 0 unspecified atom stereocenters. The van der Waals surface area contributed by atoms with Gasteiger partial charge in [0, 0.05) is 6.20 Å². The lowest BCUT2D eigenvalue weighted by atomic mass is 10.4. The van der Waals surface area contributed by atoms with Gasteiger partial charge in [0.2, 0.25) is 0 Å². The molecule has 0 saturated carbocycles. The summed E-state index contributed by atoms with van der Waals surface area (Å²) in [7, 11) is 0. The third-order valence-corrected chi connectivity index (χ3v) is 3.44. The summed E-state index contributed by atoms with van der Waals surface area (Å²) in [6.07, 6.45) is -3.22. The van der Waals surface area contributed by atoms with Crippen LogP contribution in [0.25, 0.3) is 10.2 Å². The molecule has 3 aromatic heterocycles. The van der Waals surface area contributed by atoms with Gasteiger partial charge in [-0.2, -0.15) is 18.3 Å². The van der Waals surface area contributed by atoms with Gasteiger partial charge in [-0.05, 0) is 17.5 Å². The van der Waals surface area contributed by atoms with Gasteiger partial charge in [-0.1, -0.05) is 0 Å². The van der Waals surface area contributed by atoms with Gasteiger partial charge in [0.1, 0.15) is 17.2 Å². The number of halogens is 3. The number of thiophene rings is 1. The van der Waals surface area contributed by atoms with E-state index in [-0.39, 0.29) is 6.54 Å². The number of nitrogens with two attached hydrogens (primary N) is 1. The van der Waals surface area contributed by atoms with Gasteiger partial charge in [-0.3, -0.25) is 4.68 Å². The average Bonchev–Trinajstić information content (AvgIpc) is 2.96. The minimum absolute atomic E-state index is 0.0358. The molecule has 5 nitrogen and oxygen atoms in total. The molecule has 0 saturated heterocycles. The number of nitrogen functional groups attached to an aromatic ring is 1. The lowest BCUT2D eigenvalue weighted by Crippen LogP contribution is -2.10. The van der Waals surface area contributed by atoms with Gasteiger partial charge in [0.05, 0.1) is 5.39 Å². The fraction of sp³-hybridized carbons (Fsp3) is 0.182. The van der Waals surface area contributed by atoms with Crippen LogP contribution in [0.2, 0.25) is 0 Å². The van der Waals surface area contributed by atoms with Gasteiger partial charge < -0.3 is 5.73 Å². The summed E-state index contributed by atoms with van der Waals surface area (Å²) in [5.41, 5.74) is 4.83. The smallest absolute Gasteiger partial charge is 0.383 e. The zero-order chi connectivity index (χ0) is 14.3. The molecular formula is C11H8F3N5S. The highest BCUT2D eigenvalue weighted by atomic mass is 32.1. The van der Waals surface area contributed by atoms with Crippen LogP contribution in [0.1, 0.15) is 11.5 Å². The molecule has 0 aromatic carbocycles. The van der Waals surface area contributed by atoms with Crippen LogP contribution in [-0.2, 0) is 12.7 Å². The first kappa shape index (κ1) is 12.9. The summed E-state index contributed by atoms with van der Waals surface area (Å²) in [4.78, 5) is 9.02. The normalized spacial score (nSPS) is 12.2. The summed E-state index contributed by atoms with van der Waals surface area (Å²) in [6.45, 7) is 0.0358. The first-order valence-electron chi connectivity index (χ1n) is 5.54. The predicted molar refractivity (Wildman–Crippen MR) is 68.2 cm³/mol. The maximum atomic E-state index is 12.4. The molecule has 0 fully saturated rings. The van der Waals surface area contributed by atoms with Crippen molar-refractivity contribution in [1.29, 1.82) is 0 Å². The van der Waals surface area contributed by atoms with Crippen molar-refractivity contribution >= 4 is 27.4 Å². The second-order valence-corrected chi connectivity index (χ2v) is 4.96. The van der Waals surface area contributed by atoms with Gasteiger partial charge in [0.25, 0.3) is 0 Å². The third-order valence-electron chi connectivity index (χ3n) is 2.64. The summed E-state index contributed by atoms with van der Waals surface area (Å²) in [5.74, 6) is 0.642. The standard InChI is InChI=1S/C11H8F3N5S/c12-11(13,14)7-1-3-19(18-7)5-8-16-9(15)6-2-4-20-10(6)17-8/h1-4H,5H2,(H2,15,16,17). The maximum absolute atomic E-state index is 12.4. The zero-order valence-electron chi connectivity index (χ0n) is 9.92. The van der Waals surface area contributed by atoms with E-state index in [2.05, 4.69) is 15.1 Å². The van der Waals surface area contributed by atoms with E-state index in [1.165, 1.54) is 17.5 Å². The molecule has 3 rings (SSSR count). The van der Waals surface area contributed by atoms with Crippen molar-refractivity contribution in [3.05, 3.63) is 35.2 Å². The van der Waals surface area contributed by atoms with Gasteiger partial charge in [-0.25, -0.2) is 9.97 Å². The van der Waals surface area contributed by atoms with E-state index in [1.807, 2.05) is 5.38 Å². The van der Waals surface area contributed by atoms with Crippen molar-refractivity contribution in [2.24, 2.45) is 0 Å². The SMILES string of the molecule is Nc1nc(Cn2ccc(C(F)(F)F)n2)nc2sccc12. The molecule has 0 aliphatic carbocycles. The molecule has 0 aliphatic rings. The Morgan fingerprint density at radius 1 is 1.25 bits per heavy atom. The highest BCUT2D eigenvalue weighted by Crippen LogP contribution is 2.27.